The summed E-state index contributed by atoms with van der Waals surface area (Å²) in [5, 5.41) is 38.5. The van der Waals surface area contributed by atoms with Crippen LogP contribution in [-0.4, -0.2) is 63.1 Å². The molecular formula is C21H22O8. The first-order valence-corrected chi connectivity index (χ1v) is 9.08. The zero-order valence-electron chi connectivity index (χ0n) is 15.6. The number of carboxylic acids is 1. The second kappa shape index (κ2) is 8.71. The first kappa shape index (κ1) is 20.9. The highest BCUT2D eigenvalue weighted by molar-refractivity contribution is 5.78. The van der Waals surface area contributed by atoms with Crippen molar-refractivity contribution in [3.8, 4) is 11.1 Å². The monoisotopic (exact) mass is 402 g/mol. The van der Waals surface area contributed by atoms with E-state index in [0.717, 1.165) is 11.1 Å². The van der Waals surface area contributed by atoms with E-state index < -0.39 is 48.6 Å². The Kier molecular flexibility index (Phi) is 6.29. The Morgan fingerprint density at radius 2 is 1.48 bits per heavy atom. The Balaban J connectivity index is 1.69. The number of aliphatic hydroxyl groups excluding tert-OH is 3. The second-order valence-electron chi connectivity index (χ2n) is 6.88. The van der Waals surface area contributed by atoms with Crippen molar-refractivity contribution in [2.24, 2.45) is 0 Å². The molecule has 1 fully saturated rings. The summed E-state index contributed by atoms with van der Waals surface area (Å²) in [7, 11) is 0. The lowest BCUT2D eigenvalue weighted by Gasteiger charge is -2.38. The van der Waals surface area contributed by atoms with Gasteiger partial charge in [0.2, 0.25) is 6.29 Å². The molecule has 0 radical (unpaired) electrons. The van der Waals surface area contributed by atoms with Gasteiger partial charge in [0.1, 0.15) is 18.3 Å². The van der Waals surface area contributed by atoms with Crippen LogP contribution < -0.4 is 0 Å². The van der Waals surface area contributed by atoms with Crippen LogP contribution in [0.15, 0.2) is 54.6 Å². The zero-order chi connectivity index (χ0) is 21.1. The van der Waals surface area contributed by atoms with Gasteiger partial charge in [-0.3, -0.25) is 4.79 Å². The average Bonchev–Trinajstić information content (AvgIpc) is 2.74. The largest absolute Gasteiger partial charge is 0.479 e. The van der Waals surface area contributed by atoms with Crippen LogP contribution in [0.1, 0.15) is 18.4 Å². The van der Waals surface area contributed by atoms with E-state index in [1.807, 2.05) is 42.5 Å². The van der Waals surface area contributed by atoms with Crippen LogP contribution >= 0.6 is 0 Å². The minimum atomic E-state index is -1.85. The van der Waals surface area contributed by atoms with Crippen molar-refractivity contribution in [1.29, 1.82) is 0 Å². The third kappa shape index (κ3) is 4.46. The first-order valence-electron chi connectivity index (χ1n) is 9.08. The fraction of sp³-hybridized carbons (Fsp3) is 0.333. The van der Waals surface area contributed by atoms with Crippen molar-refractivity contribution in [2.75, 3.05) is 0 Å². The number of hydrogen-bond donors (Lipinski definition) is 4. The zero-order valence-corrected chi connectivity index (χ0v) is 15.6. The molecule has 8 heteroatoms. The summed E-state index contributed by atoms with van der Waals surface area (Å²) in [5.41, 5.74) is 2.65. The molecule has 6 atom stereocenters. The highest BCUT2D eigenvalue weighted by atomic mass is 16.7. The molecule has 0 aliphatic carbocycles. The quantitative estimate of drug-likeness (QED) is 0.542. The molecule has 29 heavy (non-hydrogen) atoms. The van der Waals surface area contributed by atoms with Gasteiger partial charge in [-0.2, -0.15) is 0 Å². The molecule has 1 aliphatic heterocycles. The molecule has 1 saturated heterocycles. The van der Waals surface area contributed by atoms with Gasteiger partial charge in [0, 0.05) is 0 Å². The van der Waals surface area contributed by atoms with E-state index in [4.69, 9.17) is 14.6 Å². The normalized spacial score (nSPS) is 27.8. The topological polar surface area (TPSA) is 134 Å². The maximum atomic E-state index is 12.5. The first-order chi connectivity index (χ1) is 13.8. The molecule has 1 heterocycles. The molecule has 0 aromatic heterocycles. The Morgan fingerprint density at radius 3 is 2.07 bits per heavy atom. The van der Waals surface area contributed by atoms with E-state index in [1.54, 1.807) is 19.1 Å². The van der Waals surface area contributed by atoms with Crippen molar-refractivity contribution in [1.82, 2.24) is 0 Å². The molecule has 0 amide bonds. The van der Waals surface area contributed by atoms with E-state index >= 15 is 0 Å². The molecule has 154 valence electrons. The van der Waals surface area contributed by atoms with Crippen molar-refractivity contribution in [2.45, 2.75) is 43.5 Å². The van der Waals surface area contributed by atoms with Crippen LogP contribution in [0.2, 0.25) is 0 Å². The number of aliphatic hydroxyl groups is 3. The van der Waals surface area contributed by atoms with Crippen LogP contribution in [-0.2, 0) is 19.1 Å². The van der Waals surface area contributed by atoms with Gasteiger partial charge in [-0.1, -0.05) is 54.6 Å². The second-order valence-corrected chi connectivity index (χ2v) is 6.88. The summed E-state index contributed by atoms with van der Waals surface area (Å²) in [6, 6.07) is 17.0. The molecule has 1 aliphatic rings. The van der Waals surface area contributed by atoms with Crippen LogP contribution in [0.25, 0.3) is 11.1 Å². The SMILES string of the molecule is CC(C(=O)OC1O[C@H](C(=O)O)[C@@H](O)[C@H](O)[C@H]1O)c1ccc(-c2ccccc2)cc1. The Bertz CT molecular complexity index is 851. The number of esters is 1. The molecule has 2 aromatic rings. The van der Waals surface area contributed by atoms with Gasteiger partial charge < -0.3 is 29.9 Å². The summed E-state index contributed by atoms with van der Waals surface area (Å²) in [4.78, 5) is 23.6. The molecular weight excluding hydrogens is 380 g/mol. The fourth-order valence-electron chi connectivity index (χ4n) is 3.10. The lowest BCUT2D eigenvalue weighted by atomic mass is 9.97. The fourth-order valence-corrected chi connectivity index (χ4v) is 3.10. The highest BCUT2D eigenvalue weighted by Crippen LogP contribution is 2.26. The lowest BCUT2D eigenvalue weighted by Crippen LogP contribution is -2.60. The molecule has 3 rings (SSSR count). The van der Waals surface area contributed by atoms with Gasteiger partial charge in [0.05, 0.1) is 5.92 Å². The van der Waals surface area contributed by atoms with E-state index in [0.29, 0.717) is 5.56 Å². The number of carbonyl (C=O) groups excluding carboxylic acids is 1. The summed E-state index contributed by atoms with van der Waals surface area (Å²) < 4.78 is 10.1. The summed E-state index contributed by atoms with van der Waals surface area (Å²) in [6.07, 6.45) is -9.00. The lowest BCUT2D eigenvalue weighted by molar-refractivity contribution is -0.286. The number of carbonyl (C=O) groups is 2. The third-order valence-corrected chi connectivity index (χ3v) is 4.92. The van der Waals surface area contributed by atoms with Gasteiger partial charge in [0.15, 0.2) is 6.10 Å². The van der Waals surface area contributed by atoms with Crippen LogP contribution in [0.3, 0.4) is 0 Å². The molecule has 4 N–H and O–H groups in total. The number of ether oxygens (including phenoxy) is 2. The Labute approximate surface area is 166 Å². The van der Waals surface area contributed by atoms with Crippen molar-refractivity contribution < 1.29 is 39.5 Å². The van der Waals surface area contributed by atoms with E-state index in [9.17, 15) is 24.9 Å². The molecule has 2 unspecified atom stereocenters. The molecule has 0 bridgehead atoms. The number of benzene rings is 2. The Hall–Kier alpha value is -2.78. The Morgan fingerprint density at radius 1 is 0.897 bits per heavy atom. The van der Waals surface area contributed by atoms with Gasteiger partial charge in [0.25, 0.3) is 0 Å². The number of aliphatic carboxylic acids is 1. The number of carboxylic acid groups (broad SMARTS) is 1. The van der Waals surface area contributed by atoms with E-state index in [-0.39, 0.29) is 0 Å². The maximum Gasteiger partial charge on any atom is 0.335 e. The summed E-state index contributed by atoms with van der Waals surface area (Å²) in [5.74, 6) is -3.05. The number of rotatable bonds is 5. The molecule has 0 saturated carbocycles. The van der Waals surface area contributed by atoms with Gasteiger partial charge in [-0.05, 0) is 23.6 Å². The smallest absolute Gasteiger partial charge is 0.335 e. The van der Waals surface area contributed by atoms with Crippen molar-refractivity contribution >= 4 is 11.9 Å². The predicted molar refractivity (Wildman–Crippen MR) is 101 cm³/mol. The standard InChI is InChI=1S/C21H22O8/c1-11(12-7-9-14(10-8-12)13-5-3-2-4-6-13)20(27)29-21-17(24)15(22)16(23)18(28-21)19(25)26/h2-11,15-18,21-24H,1H3,(H,25,26)/t11?,15-,16-,17+,18-,21?/m0/s1. The molecule has 8 nitrogen and oxygen atoms in total. The minimum Gasteiger partial charge on any atom is -0.479 e. The van der Waals surface area contributed by atoms with E-state index in [1.165, 1.54) is 0 Å². The van der Waals surface area contributed by atoms with Gasteiger partial charge in [-0.25, -0.2) is 4.79 Å². The van der Waals surface area contributed by atoms with Crippen LogP contribution in [0.4, 0.5) is 0 Å². The minimum absolute atomic E-state index is 0.648. The molecule has 0 spiro atoms. The van der Waals surface area contributed by atoms with Gasteiger partial charge >= 0.3 is 11.9 Å². The highest BCUT2D eigenvalue weighted by Gasteiger charge is 2.48. The van der Waals surface area contributed by atoms with Gasteiger partial charge in [-0.15, -0.1) is 0 Å². The van der Waals surface area contributed by atoms with E-state index in [2.05, 4.69) is 0 Å². The molecule has 2 aromatic carbocycles. The number of hydrogen-bond acceptors (Lipinski definition) is 7. The third-order valence-electron chi connectivity index (χ3n) is 4.92. The van der Waals surface area contributed by atoms with Crippen molar-refractivity contribution in [3.63, 3.8) is 0 Å². The van der Waals surface area contributed by atoms with Crippen molar-refractivity contribution in [3.05, 3.63) is 60.2 Å². The summed E-state index contributed by atoms with van der Waals surface area (Å²) >= 11 is 0. The predicted octanol–water partition coefficient (Wildman–Crippen LogP) is 0.893. The van der Waals surface area contributed by atoms with Crippen LogP contribution in [0.5, 0.6) is 0 Å². The average molecular weight is 402 g/mol. The maximum absolute atomic E-state index is 12.5. The summed E-state index contributed by atoms with van der Waals surface area (Å²) in [6.45, 7) is 1.59. The van der Waals surface area contributed by atoms with Crippen LogP contribution in [0, 0.1) is 0 Å².